The molecule has 4 rings (SSSR count). The zero-order chi connectivity index (χ0) is 19.3. The zero-order valence-corrected chi connectivity index (χ0v) is 20.6. The number of fused-ring (bicyclic) bond motifs is 2. The van der Waals surface area contributed by atoms with Crippen molar-refractivity contribution in [3.05, 3.63) is 82.9 Å². The van der Waals surface area contributed by atoms with Gasteiger partial charge in [0, 0.05) is 0 Å². The van der Waals surface area contributed by atoms with Crippen LogP contribution in [0.4, 0.5) is 0 Å². The van der Waals surface area contributed by atoms with E-state index >= 15 is 0 Å². The van der Waals surface area contributed by atoms with Crippen LogP contribution in [0, 0.1) is 27.7 Å². The summed E-state index contributed by atoms with van der Waals surface area (Å²) < 4.78 is 1.42. The van der Waals surface area contributed by atoms with Gasteiger partial charge >= 0.3 is 37.6 Å². The Morgan fingerprint density at radius 1 is 0.643 bits per heavy atom. The van der Waals surface area contributed by atoms with Crippen molar-refractivity contribution in [1.82, 2.24) is 0 Å². The quantitative estimate of drug-likeness (QED) is 0.280. The smallest absolute Gasteiger partial charge is 0.0414 e. The van der Waals surface area contributed by atoms with E-state index in [0.29, 0.717) is 0 Å². The van der Waals surface area contributed by atoms with Gasteiger partial charge in [-0.05, 0) is 13.8 Å². The number of aryl methyl sites for hydroxylation is 4. The first-order valence-corrected chi connectivity index (χ1v) is 9.82. The molecule has 0 atom stereocenters. The van der Waals surface area contributed by atoms with Crippen molar-refractivity contribution in [2.75, 3.05) is 0 Å². The molecule has 28 heavy (non-hydrogen) atoms. The molecular weight excluding hydrogens is 419 g/mol. The molecule has 0 spiro atoms. The summed E-state index contributed by atoms with van der Waals surface area (Å²) in [5.41, 5.74) is 5.38. The first-order chi connectivity index (χ1) is 12.2. The van der Waals surface area contributed by atoms with Gasteiger partial charge in [0.2, 0.25) is 0 Å². The third-order valence-corrected chi connectivity index (χ3v) is 4.02. The molecule has 0 aliphatic rings. The summed E-state index contributed by atoms with van der Waals surface area (Å²) in [6.07, 6.45) is 0. The second-order valence-electron chi connectivity index (χ2n) is 7.33. The minimum absolute atomic E-state index is 0. The fourth-order valence-electron chi connectivity index (χ4n) is 2.97. The summed E-state index contributed by atoms with van der Waals surface area (Å²) in [7, 11) is 0. The Hall–Kier alpha value is -1.18. The topological polar surface area (TPSA) is 0 Å². The normalized spacial score (nSPS) is 9.43. The van der Waals surface area contributed by atoms with Gasteiger partial charge in [-0.3, -0.25) is 0 Å². The van der Waals surface area contributed by atoms with Gasteiger partial charge in [0.25, 0.3) is 0 Å². The molecule has 4 aromatic carbocycles. The number of benzene rings is 2. The standard InChI is InChI=1S/2C11H11.C3H6.2ClH.Ti/c2*1-8-3-4-10-6-9(2)7-11(10)5-8;1-3-2;;;/h2*3-7H,1-2H3;1-2H3;2*1H;/q2*-1;;;;+2/p-2. The molecular formula is C25H28Cl2Ti-2. The molecule has 0 nitrogen and oxygen atoms in total. The first-order valence-electron chi connectivity index (χ1n) is 9.04. The molecule has 0 amide bonds. The maximum Gasteiger partial charge on any atom is -0.0414 e. The predicted octanol–water partition coefficient (Wildman–Crippen LogP) is 1.10. The van der Waals surface area contributed by atoms with E-state index in [1.807, 2.05) is 0 Å². The molecule has 4 aromatic rings. The van der Waals surface area contributed by atoms with E-state index in [2.05, 4.69) is 122 Å². The van der Waals surface area contributed by atoms with Crippen LogP contribution in [-0.4, -0.2) is 3.81 Å². The molecule has 0 bridgehead atoms. The molecule has 3 heteroatoms. The average molecular weight is 447 g/mol. The van der Waals surface area contributed by atoms with E-state index in [4.69, 9.17) is 0 Å². The fourth-order valence-corrected chi connectivity index (χ4v) is 2.97. The van der Waals surface area contributed by atoms with Crippen molar-refractivity contribution in [3.8, 4) is 0 Å². The Balaban J connectivity index is 0.000000415. The van der Waals surface area contributed by atoms with E-state index in [9.17, 15) is 0 Å². The second kappa shape index (κ2) is 12.4. The SMILES string of the molecule is C[C](C)=[Ti+2].Cc1ccc2[cH-]c(C)cc2c1.Cc1ccc2[cH-]c(C)cc2c1.[Cl-].[Cl-]. The molecule has 0 radical (unpaired) electrons. The van der Waals surface area contributed by atoms with Crippen LogP contribution in [0.3, 0.4) is 0 Å². The Morgan fingerprint density at radius 3 is 1.29 bits per heavy atom. The van der Waals surface area contributed by atoms with Crippen molar-refractivity contribution < 1.29 is 44.8 Å². The Kier molecular flexibility index (Phi) is 11.9. The number of hydrogen-bond donors (Lipinski definition) is 0. The van der Waals surface area contributed by atoms with Crippen LogP contribution < -0.4 is 24.8 Å². The minimum Gasteiger partial charge on any atom is -1.00 e. The van der Waals surface area contributed by atoms with Crippen LogP contribution in [-0.2, 0) is 20.0 Å². The molecule has 0 saturated carbocycles. The van der Waals surface area contributed by atoms with Gasteiger partial charge < -0.3 is 24.8 Å². The molecule has 0 aliphatic carbocycles. The molecule has 0 aliphatic heterocycles. The summed E-state index contributed by atoms with van der Waals surface area (Å²) in [5.74, 6) is 0. The fraction of sp³-hybridized carbons (Fsp3) is 0.240. The number of halogens is 2. The minimum atomic E-state index is 0. The Labute approximate surface area is 193 Å². The van der Waals surface area contributed by atoms with E-state index in [0.717, 1.165) is 0 Å². The van der Waals surface area contributed by atoms with Gasteiger partial charge in [0.05, 0.1) is 0 Å². The second-order valence-corrected chi connectivity index (χ2v) is 8.89. The Morgan fingerprint density at radius 2 is 0.964 bits per heavy atom. The third kappa shape index (κ3) is 8.45. The van der Waals surface area contributed by atoms with E-state index in [1.165, 1.54) is 47.6 Å². The van der Waals surface area contributed by atoms with Crippen LogP contribution in [0.2, 0.25) is 0 Å². The summed E-state index contributed by atoms with van der Waals surface area (Å²) in [6.45, 7) is 12.7. The van der Waals surface area contributed by atoms with Crippen molar-refractivity contribution in [2.24, 2.45) is 0 Å². The monoisotopic (exact) mass is 446 g/mol. The molecule has 148 valence electrons. The van der Waals surface area contributed by atoms with Gasteiger partial charge in [0.1, 0.15) is 0 Å². The maximum atomic E-state index is 2.22. The van der Waals surface area contributed by atoms with Crippen LogP contribution in [0.1, 0.15) is 36.1 Å². The summed E-state index contributed by atoms with van der Waals surface area (Å²) in [4.78, 5) is 0. The number of rotatable bonds is 0. The Bertz CT molecular complexity index is 940. The van der Waals surface area contributed by atoms with Gasteiger partial charge in [-0.25, -0.2) is 0 Å². The van der Waals surface area contributed by atoms with Gasteiger partial charge in [0.15, 0.2) is 0 Å². The number of hydrogen-bond acceptors (Lipinski definition) is 0. The van der Waals surface area contributed by atoms with Crippen molar-refractivity contribution in [2.45, 2.75) is 41.5 Å². The molecule has 0 fully saturated rings. The molecule has 0 unspecified atom stereocenters. The summed E-state index contributed by atoms with van der Waals surface area (Å²) in [6, 6.07) is 22.0. The van der Waals surface area contributed by atoms with Crippen molar-refractivity contribution in [1.29, 1.82) is 0 Å². The molecule has 0 saturated heterocycles. The average Bonchev–Trinajstić information content (AvgIpc) is 3.07. The molecule has 0 heterocycles. The van der Waals surface area contributed by atoms with E-state index in [1.54, 1.807) is 0 Å². The van der Waals surface area contributed by atoms with Gasteiger partial charge in [-0.2, -0.15) is 12.1 Å². The van der Waals surface area contributed by atoms with Crippen molar-refractivity contribution >= 4 is 25.4 Å². The zero-order valence-electron chi connectivity index (χ0n) is 17.5. The third-order valence-electron chi connectivity index (χ3n) is 4.02. The molecule has 0 N–H and O–H groups in total. The summed E-state index contributed by atoms with van der Waals surface area (Å²) in [5, 5.41) is 5.44. The van der Waals surface area contributed by atoms with Gasteiger partial charge in [-0.1, -0.05) is 25.0 Å². The van der Waals surface area contributed by atoms with Gasteiger partial charge in [-0.15, -0.1) is 81.2 Å². The largest absolute Gasteiger partial charge is 1.00 e. The molecule has 0 aromatic heterocycles. The maximum absolute atomic E-state index is 2.22. The summed E-state index contributed by atoms with van der Waals surface area (Å²) >= 11 is 2.08. The van der Waals surface area contributed by atoms with Crippen LogP contribution in [0.15, 0.2) is 60.7 Å². The first kappa shape index (κ1) is 26.8. The van der Waals surface area contributed by atoms with Crippen molar-refractivity contribution in [3.63, 3.8) is 0 Å². The van der Waals surface area contributed by atoms with E-state index < -0.39 is 0 Å². The van der Waals surface area contributed by atoms with E-state index in [-0.39, 0.29) is 24.8 Å². The van der Waals surface area contributed by atoms with Crippen LogP contribution in [0.25, 0.3) is 21.5 Å². The predicted molar refractivity (Wildman–Crippen MR) is 114 cm³/mol. The van der Waals surface area contributed by atoms with Crippen LogP contribution >= 0.6 is 0 Å². The van der Waals surface area contributed by atoms with Crippen LogP contribution in [0.5, 0.6) is 0 Å².